The largest absolute Gasteiger partial charge is 0.491 e. The molecule has 0 saturated carbocycles. The van der Waals surface area contributed by atoms with Crippen LogP contribution in [0.15, 0.2) is 97.1 Å². The Kier molecular flexibility index (Phi) is 6.73. The van der Waals surface area contributed by atoms with E-state index in [1.807, 2.05) is 83.4 Å². The van der Waals surface area contributed by atoms with Crippen LogP contribution in [0, 0.1) is 0 Å². The van der Waals surface area contributed by atoms with Crippen molar-refractivity contribution >= 4 is 27.7 Å². The van der Waals surface area contributed by atoms with Crippen molar-refractivity contribution in [3.63, 3.8) is 0 Å². The standard InChI is InChI=1S/C29H27N3O3/c33-24(20-35-25-15-14-21-8-4-5-11-23(21)18-25)19-32-27-13-7-6-12-26(27)31-28(32)16-17-30-29(34)22-9-2-1-3-10-22/h1-15,18,24,33H,16-17,19-20H2,(H,30,34). The molecule has 0 bridgehead atoms. The summed E-state index contributed by atoms with van der Waals surface area (Å²) in [5, 5.41) is 16.0. The van der Waals surface area contributed by atoms with Gasteiger partial charge in [0, 0.05) is 18.5 Å². The first-order valence-electron chi connectivity index (χ1n) is 11.7. The van der Waals surface area contributed by atoms with Crippen LogP contribution in [0.3, 0.4) is 0 Å². The quantitative estimate of drug-likeness (QED) is 0.334. The van der Waals surface area contributed by atoms with Gasteiger partial charge in [-0.1, -0.05) is 60.7 Å². The van der Waals surface area contributed by atoms with Gasteiger partial charge < -0.3 is 19.7 Å². The minimum atomic E-state index is -0.725. The SMILES string of the molecule is O=C(NCCc1nc2ccccc2n1CC(O)COc1ccc2ccccc2c1)c1ccccc1. The molecule has 1 amide bonds. The summed E-state index contributed by atoms with van der Waals surface area (Å²) in [6, 6.07) is 31.0. The van der Waals surface area contributed by atoms with Crippen molar-refractivity contribution in [3.05, 3.63) is 108 Å². The minimum Gasteiger partial charge on any atom is -0.491 e. The maximum atomic E-state index is 12.4. The fourth-order valence-electron chi connectivity index (χ4n) is 4.21. The van der Waals surface area contributed by atoms with Crippen LogP contribution in [0.25, 0.3) is 21.8 Å². The fraction of sp³-hybridized carbons (Fsp3) is 0.172. The number of hydrogen-bond donors (Lipinski definition) is 2. The molecule has 0 spiro atoms. The number of rotatable bonds is 9. The van der Waals surface area contributed by atoms with Crippen LogP contribution in [0.1, 0.15) is 16.2 Å². The number of benzene rings is 4. The van der Waals surface area contributed by atoms with Crippen molar-refractivity contribution in [3.8, 4) is 5.75 Å². The average molecular weight is 466 g/mol. The predicted octanol–water partition coefficient (Wildman–Crippen LogP) is 4.60. The van der Waals surface area contributed by atoms with Gasteiger partial charge in [0.15, 0.2) is 0 Å². The molecule has 0 fully saturated rings. The van der Waals surface area contributed by atoms with Crippen molar-refractivity contribution in [1.82, 2.24) is 14.9 Å². The molecule has 1 unspecified atom stereocenters. The molecular formula is C29H27N3O3. The van der Waals surface area contributed by atoms with Crippen LogP contribution in [-0.4, -0.2) is 39.8 Å². The summed E-state index contributed by atoms with van der Waals surface area (Å²) in [6.07, 6.45) is -0.178. The molecule has 1 aromatic heterocycles. The number of para-hydroxylation sites is 2. The van der Waals surface area contributed by atoms with Crippen LogP contribution < -0.4 is 10.1 Å². The molecule has 0 aliphatic carbocycles. The topological polar surface area (TPSA) is 76.4 Å². The molecule has 176 valence electrons. The molecule has 5 aromatic rings. The second-order valence-electron chi connectivity index (χ2n) is 8.47. The smallest absolute Gasteiger partial charge is 0.251 e. The molecule has 1 atom stereocenters. The Morgan fingerprint density at radius 3 is 2.51 bits per heavy atom. The summed E-state index contributed by atoms with van der Waals surface area (Å²) in [5.74, 6) is 1.42. The molecule has 0 radical (unpaired) electrons. The van der Waals surface area contributed by atoms with E-state index in [4.69, 9.17) is 9.72 Å². The Hall–Kier alpha value is -4.16. The number of carbonyl (C=O) groups is 1. The summed E-state index contributed by atoms with van der Waals surface area (Å²) in [7, 11) is 0. The number of amides is 1. The van der Waals surface area contributed by atoms with Gasteiger partial charge in [-0.2, -0.15) is 0 Å². The van der Waals surface area contributed by atoms with Crippen LogP contribution in [0.5, 0.6) is 5.75 Å². The van der Waals surface area contributed by atoms with Crippen molar-refractivity contribution in [1.29, 1.82) is 0 Å². The van der Waals surface area contributed by atoms with Gasteiger partial charge in [0.05, 0.1) is 17.6 Å². The van der Waals surface area contributed by atoms with Crippen molar-refractivity contribution in [2.24, 2.45) is 0 Å². The number of hydrogen-bond acceptors (Lipinski definition) is 4. The second-order valence-corrected chi connectivity index (χ2v) is 8.47. The maximum absolute atomic E-state index is 12.4. The molecule has 6 heteroatoms. The summed E-state index contributed by atoms with van der Waals surface area (Å²) in [5.41, 5.74) is 2.43. The normalized spacial score (nSPS) is 12.0. The zero-order valence-electron chi connectivity index (χ0n) is 19.3. The van der Waals surface area contributed by atoms with Crippen molar-refractivity contribution < 1.29 is 14.6 Å². The van der Waals surface area contributed by atoms with Crippen molar-refractivity contribution in [2.45, 2.75) is 19.1 Å². The monoisotopic (exact) mass is 465 g/mol. The third-order valence-electron chi connectivity index (χ3n) is 5.96. The van der Waals surface area contributed by atoms with Gasteiger partial charge in [0.1, 0.15) is 24.3 Å². The van der Waals surface area contributed by atoms with Crippen LogP contribution in [-0.2, 0) is 13.0 Å². The first-order valence-corrected chi connectivity index (χ1v) is 11.7. The highest BCUT2D eigenvalue weighted by molar-refractivity contribution is 5.94. The molecule has 6 nitrogen and oxygen atoms in total. The summed E-state index contributed by atoms with van der Waals surface area (Å²) in [6.45, 7) is 0.950. The van der Waals surface area contributed by atoms with Crippen LogP contribution in [0.2, 0.25) is 0 Å². The van der Waals surface area contributed by atoms with Gasteiger partial charge >= 0.3 is 0 Å². The zero-order valence-corrected chi connectivity index (χ0v) is 19.3. The number of nitrogens with zero attached hydrogens (tertiary/aromatic N) is 2. The van der Waals surface area contributed by atoms with E-state index in [0.29, 0.717) is 25.1 Å². The van der Waals surface area contributed by atoms with E-state index in [-0.39, 0.29) is 12.5 Å². The van der Waals surface area contributed by atoms with E-state index in [1.54, 1.807) is 12.1 Å². The third-order valence-corrected chi connectivity index (χ3v) is 5.96. The number of ether oxygens (including phenoxy) is 1. The summed E-state index contributed by atoms with van der Waals surface area (Å²) in [4.78, 5) is 17.1. The van der Waals surface area contributed by atoms with Gasteiger partial charge in [0.2, 0.25) is 0 Å². The number of fused-ring (bicyclic) bond motifs is 2. The van der Waals surface area contributed by atoms with Crippen LogP contribution in [0.4, 0.5) is 0 Å². The number of aliphatic hydroxyl groups is 1. The molecular weight excluding hydrogens is 438 g/mol. The molecule has 1 heterocycles. The number of aliphatic hydroxyl groups excluding tert-OH is 1. The van der Waals surface area contributed by atoms with E-state index >= 15 is 0 Å². The molecule has 0 aliphatic heterocycles. The number of carbonyl (C=O) groups excluding carboxylic acids is 1. The highest BCUT2D eigenvalue weighted by Gasteiger charge is 2.15. The summed E-state index contributed by atoms with van der Waals surface area (Å²) >= 11 is 0. The first kappa shape index (κ1) is 22.6. The minimum absolute atomic E-state index is 0.114. The average Bonchev–Trinajstić information content (AvgIpc) is 3.24. The Bertz CT molecular complexity index is 1450. The number of imidazole rings is 1. The Morgan fingerprint density at radius 1 is 0.914 bits per heavy atom. The summed E-state index contributed by atoms with van der Waals surface area (Å²) < 4.78 is 7.91. The lowest BCUT2D eigenvalue weighted by atomic mass is 10.1. The fourth-order valence-corrected chi connectivity index (χ4v) is 4.21. The number of aromatic nitrogens is 2. The van der Waals surface area contributed by atoms with E-state index in [0.717, 1.165) is 33.4 Å². The van der Waals surface area contributed by atoms with Crippen molar-refractivity contribution in [2.75, 3.05) is 13.2 Å². The molecule has 0 aliphatic rings. The first-order chi connectivity index (χ1) is 17.2. The van der Waals surface area contributed by atoms with E-state index in [2.05, 4.69) is 11.4 Å². The van der Waals surface area contributed by atoms with Gasteiger partial charge in [-0.15, -0.1) is 0 Å². The lowest BCUT2D eigenvalue weighted by Crippen LogP contribution is -2.28. The predicted molar refractivity (Wildman–Crippen MR) is 138 cm³/mol. The molecule has 35 heavy (non-hydrogen) atoms. The molecule has 5 rings (SSSR count). The Labute approximate surface area is 203 Å². The van der Waals surface area contributed by atoms with E-state index in [1.165, 1.54) is 0 Å². The highest BCUT2D eigenvalue weighted by atomic mass is 16.5. The maximum Gasteiger partial charge on any atom is 0.251 e. The lowest BCUT2D eigenvalue weighted by Gasteiger charge is -2.16. The number of nitrogens with one attached hydrogen (secondary N) is 1. The third kappa shape index (κ3) is 5.34. The zero-order chi connectivity index (χ0) is 24.0. The Morgan fingerprint density at radius 2 is 1.66 bits per heavy atom. The molecule has 0 saturated heterocycles. The second kappa shape index (κ2) is 10.4. The Balaban J connectivity index is 1.25. The van der Waals surface area contributed by atoms with Crippen LogP contribution >= 0.6 is 0 Å². The highest BCUT2D eigenvalue weighted by Crippen LogP contribution is 2.21. The van der Waals surface area contributed by atoms with Gasteiger partial charge in [-0.3, -0.25) is 4.79 Å². The van der Waals surface area contributed by atoms with Gasteiger partial charge in [0.25, 0.3) is 5.91 Å². The van der Waals surface area contributed by atoms with E-state index in [9.17, 15) is 9.90 Å². The lowest BCUT2D eigenvalue weighted by molar-refractivity contribution is 0.0923. The molecule has 2 N–H and O–H groups in total. The van der Waals surface area contributed by atoms with Gasteiger partial charge in [-0.25, -0.2) is 4.98 Å². The van der Waals surface area contributed by atoms with Gasteiger partial charge in [-0.05, 0) is 47.2 Å². The van der Waals surface area contributed by atoms with E-state index < -0.39 is 6.10 Å². The molecule has 4 aromatic carbocycles.